The third-order valence-electron chi connectivity index (χ3n) is 3.23. The van der Waals surface area contributed by atoms with E-state index < -0.39 is 5.97 Å². The van der Waals surface area contributed by atoms with Crippen LogP contribution in [-0.4, -0.2) is 30.2 Å². The summed E-state index contributed by atoms with van der Waals surface area (Å²) in [5.74, 6) is -1.46. The van der Waals surface area contributed by atoms with Gasteiger partial charge in [0.1, 0.15) is 0 Å². The number of amides is 1. The second-order valence-electron chi connectivity index (χ2n) is 4.75. The summed E-state index contributed by atoms with van der Waals surface area (Å²) in [4.78, 5) is 23.0. The number of carboxylic acids is 1. The average Bonchev–Trinajstić information content (AvgIpc) is 2.53. The van der Waals surface area contributed by atoms with Crippen molar-refractivity contribution < 1.29 is 19.4 Å². The molecular formula is C17H17NO4. The first kappa shape index (κ1) is 15.7. The topological polar surface area (TPSA) is 75.6 Å². The van der Waals surface area contributed by atoms with Crippen molar-refractivity contribution in [1.82, 2.24) is 0 Å². The molecule has 0 saturated heterocycles. The fourth-order valence-electron chi connectivity index (χ4n) is 2.04. The molecule has 0 fully saturated rings. The van der Waals surface area contributed by atoms with Crippen molar-refractivity contribution in [2.75, 3.05) is 12.4 Å². The first-order valence-electron chi connectivity index (χ1n) is 6.82. The van der Waals surface area contributed by atoms with Crippen molar-refractivity contribution in [3.05, 3.63) is 65.8 Å². The highest BCUT2D eigenvalue weighted by Gasteiger charge is 2.10. The Morgan fingerprint density at radius 1 is 1.36 bits per heavy atom. The number of anilines is 1. The number of hydrogen-bond acceptors (Lipinski definition) is 3. The number of allylic oxidation sites excluding steroid dienone is 3. The SMILES string of the molecule is COC1C=CC(/C=C/C(=O)Nc2ccccc2C(=O)O)=CC1. The molecular weight excluding hydrogens is 282 g/mol. The third kappa shape index (κ3) is 4.17. The van der Waals surface area contributed by atoms with E-state index in [1.807, 2.05) is 18.2 Å². The van der Waals surface area contributed by atoms with Crippen LogP contribution in [-0.2, 0) is 9.53 Å². The molecule has 5 heteroatoms. The zero-order valence-corrected chi connectivity index (χ0v) is 12.2. The van der Waals surface area contributed by atoms with E-state index in [0.29, 0.717) is 0 Å². The van der Waals surface area contributed by atoms with Crippen LogP contribution in [0.15, 0.2) is 60.2 Å². The van der Waals surface area contributed by atoms with Crippen molar-refractivity contribution in [1.29, 1.82) is 0 Å². The molecule has 0 radical (unpaired) electrons. The molecule has 1 aromatic carbocycles. The average molecular weight is 299 g/mol. The summed E-state index contributed by atoms with van der Waals surface area (Å²) >= 11 is 0. The Kier molecular flexibility index (Phi) is 5.27. The largest absolute Gasteiger partial charge is 0.478 e. The van der Waals surface area contributed by atoms with Gasteiger partial charge in [-0.2, -0.15) is 0 Å². The monoisotopic (exact) mass is 299 g/mol. The Bertz CT molecular complexity index is 658. The van der Waals surface area contributed by atoms with Crippen LogP contribution in [0.2, 0.25) is 0 Å². The maximum Gasteiger partial charge on any atom is 0.337 e. The van der Waals surface area contributed by atoms with Gasteiger partial charge in [-0.05, 0) is 30.2 Å². The molecule has 1 unspecified atom stereocenters. The van der Waals surface area contributed by atoms with Crippen molar-refractivity contribution in [2.45, 2.75) is 12.5 Å². The Hall–Kier alpha value is -2.66. The van der Waals surface area contributed by atoms with Crippen molar-refractivity contribution in [2.24, 2.45) is 0 Å². The van der Waals surface area contributed by atoms with Gasteiger partial charge < -0.3 is 15.2 Å². The molecule has 2 rings (SSSR count). The summed E-state index contributed by atoms with van der Waals surface area (Å²) < 4.78 is 5.19. The molecule has 0 bridgehead atoms. The van der Waals surface area contributed by atoms with Crippen molar-refractivity contribution in [3.8, 4) is 0 Å². The molecule has 0 spiro atoms. The van der Waals surface area contributed by atoms with Gasteiger partial charge in [-0.15, -0.1) is 0 Å². The molecule has 1 amide bonds. The number of methoxy groups -OCH3 is 1. The number of para-hydroxylation sites is 1. The lowest BCUT2D eigenvalue weighted by molar-refractivity contribution is -0.111. The number of carbonyl (C=O) groups excluding carboxylic acids is 1. The summed E-state index contributed by atoms with van der Waals surface area (Å²) in [5, 5.41) is 11.6. The van der Waals surface area contributed by atoms with Gasteiger partial charge >= 0.3 is 5.97 Å². The minimum Gasteiger partial charge on any atom is -0.478 e. The molecule has 22 heavy (non-hydrogen) atoms. The second kappa shape index (κ2) is 7.38. The number of rotatable bonds is 5. The van der Waals surface area contributed by atoms with Crippen LogP contribution in [0.25, 0.3) is 0 Å². The van der Waals surface area contributed by atoms with Gasteiger partial charge in [0.2, 0.25) is 5.91 Å². The fourth-order valence-corrected chi connectivity index (χ4v) is 2.04. The van der Waals surface area contributed by atoms with E-state index >= 15 is 0 Å². The Morgan fingerprint density at radius 2 is 2.14 bits per heavy atom. The second-order valence-corrected chi connectivity index (χ2v) is 4.75. The van der Waals surface area contributed by atoms with Gasteiger partial charge in [0.05, 0.1) is 17.4 Å². The maximum atomic E-state index is 11.9. The normalized spacial score (nSPS) is 17.3. The van der Waals surface area contributed by atoms with Gasteiger partial charge in [0, 0.05) is 13.2 Å². The van der Waals surface area contributed by atoms with Crippen LogP contribution >= 0.6 is 0 Å². The molecule has 0 aromatic heterocycles. The zero-order chi connectivity index (χ0) is 15.9. The van der Waals surface area contributed by atoms with E-state index in [4.69, 9.17) is 9.84 Å². The van der Waals surface area contributed by atoms with E-state index in [-0.39, 0.29) is 23.3 Å². The zero-order valence-electron chi connectivity index (χ0n) is 12.2. The van der Waals surface area contributed by atoms with Crippen LogP contribution in [0, 0.1) is 0 Å². The van der Waals surface area contributed by atoms with Gasteiger partial charge in [-0.3, -0.25) is 4.79 Å². The van der Waals surface area contributed by atoms with Crippen molar-refractivity contribution >= 4 is 17.6 Å². The summed E-state index contributed by atoms with van der Waals surface area (Å²) in [5.41, 5.74) is 1.25. The number of carboxylic acid groups (broad SMARTS) is 1. The first-order chi connectivity index (χ1) is 10.6. The van der Waals surface area contributed by atoms with Crippen LogP contribution in [0.4, 0.5) is 5.69 Å². The minimum atomic E-state index is -1.08. The van der Waals surface area contributed by atoms with E-state index in [1.54, 1.807) is 31.4 Å². The number of carbonyl (C=O) groups is 2. The number of benzene rings is 1. The molecule has 0 heterocycles. The van der Waals surface area contributed by atoms with Gasteiger partial charge in [0.25, 0.3) is 0 Å². The summed E-state index contributed by atoms with van der Waals surface area (Å²) in [6.07, 6.45) is 9.68. The predicted molar refractivity (Wildman–Crippen MR) is 83.8 cm³/mol. The van der Waals surface area contributed by atoms with Crippen LogP contribution in [0.1, 0.15) is 16.8 Å². The van der Waals surface area contributed by atoms with E-state index in [9.17, 15) is 9.59 Å². The maximum absolute atomic E-state index is 11.9. The Labute approximate surface area is 128 Å². The van der Waals surface area contributed by atoms with Gasteiger partial charge in [0.15, 0.2) is 0 Å². The molecule has 1 aliphatic rings. The number of nitrogens with one attached hydrogen (secondary N) is 1. The number of ether oxygens (including phenoxy) is 1. The standard InChI is InChI=1S/C17H17NO4/c1-22-13-9-6-12(7-10-13)8-11-16(19)18-15-5-3-2-4-14(15)17(20)21/h2-9,11,13H,10H2,1H3,(H,18,19)(H,20,21)/b11-8+. The highest BCUT2D eigenvalue weighted by Crippen LogP contribution is 2.16. The number of hydrogen-bond donors (Lipinski definition) is 2. The summed E-state index contributed by atoms with van der Waals surface area (Å²) in [6, 6.07) is 6.28. The third-order valence-corrected chi connectivity index (χ3v) is 3.23. The lowest BCUT2D eigenvalue weighted by Crippen LogP contribution is -2.12. The Balaban J connectivity index is 2.00. The molecule has 2 N–H and O–H groups in total. The quantitative estimate of drug-likeness (QED) is 0.820. The summed E-state index contributed by atoms with van der Waals surface area (Å²) in [6.45, 7) is 0. The molecule has 1 aromatic rings. The highest BCUT2D eigenvalue weighted by atomic mass is 16.5. The van der Waals surface area contributed by atoms with Crippen LogP contribution in [0.5, 0.6) is 0 Å². The lowest BCUT2D eigenvalue weighted by Gasteiger charge is -2.12. The number of aromatic carboxylic acids is 1. The van der Waals surface area contributed by atoms with Crippen LogP contribution in [0.3, 0.4) is 0 Å². The van der Waals surface area contributed by atoms with E-state index in [0.717, 1.165) is 12.0 Å². The Morgan fingerprint density at radius 3 is 2.77 bits per heavy atom. The highest BCUT2D eigenvalue weighted by molar-refractivity contribution is 6.04. The molecule has 1 atom stereocenters. The smallest absolute Gasteiger partial charge is 0.337 e. The molecule has 0 aliphatic heterocycles. The fraction of sp³-hybridized carbons (Fsp3) is 0.176. The predicted octanol–water partition coefficient (Wildman–Crippen LogP) is 2.78. The van der Waals surface area contributed by atoms with E-state index in [1.165, 1.54) is 12.1 Å². The van der Waals surface area contributed by atoms with Gasteiger partial charge in [-0.25, -0.2) is 4.79 Å². The van der Waals surface area contributed by atoms with E-state index in [2.05, 4.69) is 5.32 Å². The lowest BCUT2D eigenvalue weighted by atomic mass is 10.0. The summed E-state index contributed by atoms with van der Waals surface area (Å²) in [7, 11) is 1.65. The van der Waals surface area contributed by atoms with Crippen LogP contribution < -0.4 is 5.32 Å². The minimum absolute atomic E-state index is 0.0592. The first-order valence-corrected chi connectivity index (χ1v) is 6.82. The molecule has 114 valence electrons. The molecule has 0 saturated carbocycles. The molecule has 5 nitrogen and oxygen atoms in total. The van der Waals surface area contributed by atoms with Crippen molar-refractivity contribution in [3.63, 3.8) is 0 Å². The molecule has 1 aliphatic carbocycles. The van der Waals surface area contributed by atoms with Gasteiger partial charge in [-0.1, -0.05) is 30.4 Å².